The van der Waals surface area contributed by atoms with Crippen molar-refractivity contribution in [3.05, 3.63) is 60.8 Å². The van der Waals surface area contributed by atoms with E-state index in [1.807, 2.05) is 4.98 Å². The molecule has 0 fully saturated rings. The van der Waals surface area contributed by atoms with Crippen LogP contribution in [0.4, 0.5) is 13.2 Å². The predicted molar refractivity (Wildman–Crippen MR) is 70.1 cm³/mol. The molecular formula is C12H5BrF3N3O2. The van der Waals surface area contributed by atoms with Crippen molar-refractivity contribution in [2.75, 3.05) is 0 Å². The predicted octanol–water partition coefficient (Wildman–Crippen LogP) is 2.18. The van der Waals surface area contributed by atoms with Crippen LogP contribution < -0.4 is 11.2 Å². The van der Waals surface area contributed by atoms with Gasteiger partial charge in [-0.2, -0.15) is 18.4 Å². The normalized spacial score (nSPS) is 11.2. The van der Waals surface area contributed by atoms with Gasteiger partial charge in [0.05, 0.1) is 11.3 Å². The smallest absolute Gasteiger partial charge is 0.273 e. The van der Waals surface area contributed by atoms with Crippen molar-refractivity contribution in [2.24, 2.45) is 0 Å². The highest BCUT2D eigenvalue weighted by Crippen LogP contribution is 2.32. The van der Waals surface area contributed by atoms with Crippen molar-refractivity contribution in [1.82, 2.24) is 9.55 Å². The Labute approximate surface area is 123 Å². The molecule has 1 N–H and O–H groups in total. The second kappa shape index (κ2) is 5.21. The van der Waals surface area contributed by atoms with Gasteiger partial charge in [-0.15, -0.1) is 0 Å². The molecule has 0 spiro atoms. The third-order valence-electron chi connectivity index (χ3n) is 2.55. The fourth-order valence-corrected chi connectivity index (χ4v) is 2.10. The number of hydrogen-bond acceptors (Lipinski definition) is 3. The van der Waals surface area contributed by atoms with Gasteiger partial charge in [0, 0.05) is 10.7 Å². The number of nitrogens with one attached hydrogen (secondary N) is 1. The lowest BCUT2D eigenvalue weighted by molar-refractivity contribution is -0.137. The fraction of sp³-hybridized carbons (Fsp3) is 0.0833. The topological polar surface area (TPSA) is 78.7 Å². The van der Waals surface area contributed by atoms with Gasteiger partial charge < -0.3 is 0 Å². The van der Waals surface area contributed by atoms with E-state index >= 15 is 0 Å². The Morgan fingerprint density at radius 2 is 1.90 bits per heavy atom. The van der Waals surface area contributed by atoms with Gasteiger partial charge in [0.2, 0.25) is 0 Å². The second-order valence-electron chi connectivity index (χ2n) is 3.98. The number of H-pyrrole nitrogens is 1. The largest absolute Gasteiger partial charge is 0.416 e. The standard InChI is InChI=1S/C12H5BrF3N3O2/c13-8-1-7(12(14,15)16)2-9(3-8)19-5-6(4-17)10(20)18-11(19)21/h1-3,5H,(H,18,20,21). The summed E-state index contributed by atoms with van der Waals surface area (Å²) in [5, 5.41) is 8.74. The summed E-state index contributed by atoms with van der Waals surface area (Å²) in [5.41, 5.74) is -3.32. The first kappa shape index (κ1) is 15.1. The summed E-state index contributed by atoms with van der Waals surface area (Å²) in [6, 6.07) is 4.41. The first-order valence-electron chi connectivity index (χ1n) is 5.36. The zero-order valence-corrected chi connectivity index (χ0v) is 11.6. The van der Waals surface area contributed by atoms with Crippen molar-refractivity contribution in [2.45, 2.75) is 6.18 Å². The maximum absolute atomic E-state index is 12.8. The van der Waals surface area contributed by atoms with Crippen molar-refractivity contribution in [3.8, 4) is 11.8 Å². The van der Waals surface area contributed by atoms with Crippen molar-refractivity contribution in [1.29, 1.82) is 5.26 Å². The molecule has 9 heteroatoms. The number of aromatic nitrogens is 2. The molecule has 5 nitrogen and oxygen atoms in total. The number of alkyl halides is 3. The molecule has 0 aliphatic heterocycles. The zero-order valence-electron chi connectivity index (χ0n) is 10.0. The summed E-state index contributed by atoms with van der Waals surface area (Å²) in [7, 11) is 0. The average molecular weight is 360 g/mol. The highest BCUT2D eigenvalue weighted by atomic mass is 79.9. The molecule has 108 valence electrons. The lowest BCUT2D eigenvalue weighted by Gasteiger charge is -2.11. The van der Waals surface area contributed by atoms with Crippen LogP contribution >= 0.6 is 15.9 Å². The summed E-state index contributed by atoms with van der Waals surface area (Å²) in [6.45, 7) is 0. The van der Waals surface area contributed by atoms with Gasteiger partial charge in [-0.1, -0.05) is 15.9 Å². The van der Waals surface area contributed by atoms with E-state index in [0.717, 1.165) is 22.9 Å². The molecule has 0 atom stereocenters. The van der Waals surface area contributed by atoms with Crippen LogP contribution in [0.25, 0.3) is 5.69 Å². The number of hydrogen-bond donors (Lipinski definition) is 1. The summed E-state index contributed by atoms with van der Waals surface area (Å²) in [4.78, 5) is 24.8. The minimum absolute atomic E-state index is 0.101. The molecule has 2 aromatic rings. The van der Waals surface area contributed by atoms with Gasteiger partial charge in [0.25, 0.3) is 5.56 Å². The molecule has 0 unspecified atom stereocenters. The molecule has 0 bridgehead atoms. The molecule has 0 amide bonds. The molecule has 21 heavy (non-hydrogen) atoms. The average Bonchev–Trinajstić information content (AvgIpc) is 2.37. The number of nitrogens with zero attached hydrogens (tertiary/aromatic N) is 2. The molecule has 1 aromatic heterocycles. The Bertz CT molecular complexity index is 862. The van der Waals surface area contributed by atoms with Gasteiger partial charge in [0.15, 0.2) is 0 Å². The molecule has 2 rings (SSSR count). The fourth-order valence-electron chi connectivity index (χ4n) is 1.62. The first-order valence-corrected chi connectivity index (χ1v) is 6.16. The Kier molecular flexibility index (Phi) is 3.74. The van der Waals surface area contributed by atoms with Crippen molar-refractivity contribution in [3.63, 3.8) is 0 Å². The number of aromatic amines is 1. The van der Waals surface area contributed by atoms with E-state index in [2.05, 4.69) is 15.9 Å². The van der Waals surface area contributed by atoms with Crippen LogP contribution in [0.2, 0.25) is 0 Å². The summed E-state index contributed by atoms with van der Waals surface area (Å²) < 4.78 is 39.1. The van der Waals surface area contributed by atoms with Crippen LogP contribution in [-0.2, 0) is 6.18 Å². The minimum Gasteiger partial charge on any atom is -0.273 e. The quantitative estimate of drug-likeness (QED) is 0.847. The Hall–Kier alpha value is -2.34. The van der Waals surface area contributed by atoms with E-state index in [1.54, 1.807) is 6.07 Å². The number of rotatable bonds is 1. The SMILES string of the molecule is N#Cc1cn(-c2cc(Br)cc(C(F)(F)F)c2)c(=O)[nH]c1=O. The van der Waals surface area contributed by atoms with Gasteiger partial charge in [0.1, 0.15) is 11.6 Å². The minimum atomic E-state index is -4.59. The summed E-state index contributed by atoms with van der Waals surface area (Å²) >= 11 is 2.93. The number of halogens is 4. The van der Waals surface area contributed by atoms with Crippen LogP contribution in [-0.4, -0.2) is 9.55 Å². The van der Waals surface area contributed by atoms with Crippen LogP contribution in [0.1, 0.15) is 11.1 Å². The number of benzene rings is 1. The van der Waals surface area contributed by atoms with Gasteiger partial charge in [-0.3, -0.25) is 14.3 Å². The van der Waals surface area contributed by atoms with Crippen molar-refractivity contribution >= 4 is 15.9 Å². The third kappa shape index (κ3) is 3.05. The van der Waals surface area contributed by atoms with E-state index in [-0.39, 0.29) is 15.7 Å². The molecule has 0 radical (unpaired) electrons. The monoisotopic (exact) mass is 359 g/mol. The lowest BCUT2D eigenvalue weighted by atomic mass is 10.2. The van der Waals surface area contributed by atoms with Crippen LogP contribution in [0.15, 0.2) is 38.5 Å². The first-order chi connectivity index (χ1) is 9.72. The van der Waals surface area contributed by atoms with Crippen LogP contribution in [0.3, 0.4) is 0 Å². The molecule has 1 heterocycles. The molecule has 0 saturated heterocycles. The Morgan fingerprint density at radius 1 is 1.24 bits per heavy atom. The van der Waals surface area contributed by atoms with Crippen LogP contribution in [0, 0.1) is 11.3 Å². The van der Waals surface area contributed by atoms with E-state index in [9.17, 15) is 22.8 Å². The third-order valence-corrected chi connectivity index (χ3v) is 3.01. The summed E-state index contributed by atoms with van der Waals surface area (Å²) in [6.07, 6.45) is -3.70. The Balaban J connectivity index is 2.74. The Morgan fingerprint density at radius 3 is 2.48 bits per heavy atom. The summed E-state index contributed by atoms with van der Waals surface area (Å²) in [5.74, 6) is 0. The highest BCUT2D eigenvalue weighted by molar-refractivity contribution is 9.10. The zero-order chi connectivity index (χ0) is 15.8. The maximum Gasteiger partial charge on any atom is 0.416 e. The van der Waals surface area contributed by atoms with E-state index in [1.165, 1.54) is 6.07 Å². The molecular weight excluding hydrogens is 355 g/mol. The van der Waals surface area contributed by atoms with E-state index in [0.29, 0.717) is 0 Å². The highest BCUT2D eigenvalue weighted by Gasteiger charge is 2.31. The molecule has 0 saturated carbocycles. The van der Waals surface area contributed by atoms with Crippen molar-refractivity contribution < 1.29 is 13.2 Å². The lowest BCUT2D eigenvalue weighted by Crippen LogP contribution is -2.30. The van der Waals surface area contributed by atoms with E-state index in [4.69, 9.17) is 5.26 Å². The van der Waals surface area contributed by atoms with Gasteiger partial charge >= 0.3 is 11.9 Å². The van der Waals surface area contributed by atoms with E-state index < -0.39 is 23.0 Å². The molecule has 0 aliphatic rings. The molecule has 0 aliphatic carbocycles. The van der Waals surface area contributed by atoms with Gasteiger partial charge in [-0.25, -0.2) is 4.79 Å². The molecule has 1 aromatic carbocycles. The van der Waals surface area contributed by atoms with Gasteiger partial charge in [-0.05, 0) is 18.2 Å². The maximum atomic E-state index is 12.8. The van der Waals surface area contributed by atoms with Crippen LogP contribution in [0.5, 0.6) is 0 Å². The number of nitriles is 1. The second-order valence-corrected chi connectivity index (χ2v) is 4.90.